The predicted octanol–water partition coefficient (Wildman–Crippen LogP) is 2.45. The number of anilines is 1. The minimum Gasteiger partial charge on any atom is -0.389 e. The van der Waals surface area contributed by atoms with Crippen molar-refractivity contribution in [2.45, 2.75) is 18.9 Å². The highest BCUT2D eigenvalue weighted by molar-refractivity contribution is 6.30. The first-order valence-electron chi connectivity index (χ1n) is 6.50. The summed E-state index contributed by atoms with van der Waals surface area (Å²) < 4.78 is 5.36. The molecule has 0 aliphatic heterocycles. The van der Waals surface area contributed by atoms with Crippen LogP contribution >= 0.6 is 11.6 Å². The molecule has 1 atom stereocenters. The van der Waals surface area contributed by atoms with Crippen LogP contribution in [0.2, 0.25) is 5.02 Å². The minimum atomic E-state index is -0.705. The first-order valence-corrected chi connectivity index (χ1v) is 6.87. The van der Waals surface area contributed by atoms with E-state index in [0.29, 0.717) is 23.2 Å². The van der Waals surface area contributed by atoms with Crippen LogP contribution in [0.15, 0.2) is 18.2 Å². The molecule has 0 radical (unpaired) electrons. The van der Waals surface area contributed by atoms with E-state index in [1.807, 2.05) is 0 Å². The Labute approximate surface area is 121 Å². The van der Waals surface area contributed by atoms with Gasteiger partial charge in [-0.2, -0.15) is 0 Å². The molecule has 1 aromatic rings. The summed E-state index contributed by atoms with van der Waals surface area (Å²) in [5.41, 5.74) is 0.226. The minimum absolute atomic E-state index is 0.108. The molecule has 7 heteroatoms. The van der Waals surface area contributed by atoms with Crippen molar-refractivity contribution in [3.63, 3.8) is 0 Å². The molecule has 1 unspecified atom stereocenters. The van der Waals surface area contributed by atoms with Gasteiger partial charge in [-0.3, -0.25) is 10.1 Å². The van der Waals surface area contributed by atoms with Crippen molar-refractivity contribution in [2.24, 2.45) is 5.92 Å². The summed E-state index contributed by atoms with van der Waals surface area (Å²) in [6.07, 6.45) is 1.69. The number of nitro groups is 1. The van der Waals surface area contributed by atoms with Crippen LogP contribution in [0, 0.1) is 16.0 Å². The third-order valence-corrected chi connectivity index (χ3v) is 3.28. The molecule has 1 fully saturated rings. The fourth-order valence-corrected chi connectivity index (χ4v) is 1.91. The maximum atomic E-state index is 10.9. The summed E-state index contributed by atoms with van der Waals surface area (Å²) in [6, 6.07) is 4.37. The average Bonchev–Trinajstić information content (AvgIpc) is 3.21. The van der Waals surface area contributed by atoms with Gasteiger partial charge in [-0.15, -0.1) is 0 Å². The van der Waals surface area contributed by atoms with Crippen LogP contribution in [-0.4, -0.2) is 35.9 Å². The lowest BCUT2D eigenvalue weighted by Gasteiger charge is -2.13. The van der Waals surface area contributed by atoms with Crippen LogP contribution in [0.1, 0.15) is 12.8 Å². The molecule has 1 saturated carbocycles. The van der Waals surface area contributed by atoms with E-state index in [1.165, 1.54) is 25.0 Å². The van der Waals surface area contributed by atoms with Crippen LogP contribution < -0.4 is 5.32 Å². The Morgan fingerprint density at radius 3 is 2.95 bits per heavy atom. The van der Waals surface area contributed by atoms with E-state index in [9.17, 15) is 15.2 Å². The molecule has 1 aliphatic rings. The van der Waals surface area contributed by atoms with Gasteiger partial charge in [0.15, 0.2) is 0 Å². The number of nitrogens with one attached hydrogen (secondary N) is 1. The van der Waals surface area contributed by atoms with Gasteiger partial charge in [-0.25, -0.2) is 0 Å². The van der Waals surface area contributed by atoms with Gasteiger partial charge in [0.2, 0.25) is 0 Å². The molecule has 1 aromatic carbocycles. The second kappa shape index (κ2) is 6.88. The lowest BCUT2D eigenvalue weighted by atomic mass is 10.2. The number of aliphatic hydroxyl groups excluding tert-OH is 1. The summed E-state index contributed by atoms with van der Waals surface area (Å²) in [7, 11) is 0. The lowest BCUT2D eigenvalue weighted by molar-refractivity contribution is -0.383. The standard InChI is InChI=1S/C13H17ClN2O4/c14-10-3-4-12(13(5-10)16(18)19)15-6-11(17)8-20-7-9-1-2-9/h3-5,9,11,15,17H,1-2,6-8H2. The quantitative estimate of drug-likeness (QED) is 0.569. The molecule has 0 aromatic heterocycles. The topological polar surface area (TPSA) is 84.6 Å². The highest BCUT2D eigenvalue weighted by atomic mass is 35.5. The smallest absolute Gasteiger partial charge is 0.293 e. The zero-order chi connectivity index (χ0) is 14.5. The Morgan fingerprint density at radius 2 is 2.30 bits per heavy atom. The summed E-state index contributed by atoms with van der Waals surface area (Å²) >= 11 is 5.73. The predicted molar refractivity (Wildman–Crippen MR) is 76.1 cm³/mol. The van der Waals surface area contributed by atoms with Gasteiger partial charge >= 0.3 is 0 Å². The summed E-state index contributed by atoms with van der Waals surface area (Å²) in [5, 5.41) is 23.8. The molecule has 0 heterocycles. The Bertz CT molecular complexity index is 479. The Morgan fingerprint density at radius 1 is 1.55 bits per heavy atom. The maximum Gasteiger partial charge on any atom is 0.293 e. The van der Waals surface area contributed by atoms with E-state index in [2.05, 4.69) is 5.32 Å². The van der Waals surface area contributed by atoms with Crippen molar-refractivity contribution < 1.29 is 14.8 Å². The van der Waals surface area contributed by atoms with Crippen LogP contribution in [-0.2, 0) is 4.74 Å². The van der Waals surface area contributed by atoms with E-state index in [1.54, 1.807) is 6.07 Å². The van der Waals surface area contributed by atoms with Crippen molar-refractivity contribution in [1.29, 1.82) is 0 Å². The number of hydrogen-bond donors (Lipinski definition) is 2. The maximum absolute atomic E-state index is 10.9. The Balaban J connectivity index is 1.81. The van der Waals surface area contributed by atoms with Gasteiger partial charge in [0.05, 0.1) is 17.6 Å². The lowest BCUT2D eigenvalue weighted by Crippen LogP contribution is -2.25. The largest absolute Gasteiger partial charge is 0.389 e. The molecule has 20 heavy (non-hydrogen) atoms. The number of aliphatic hydroxyl groups is 1. The zero-order valence-corrected chi connectivity index (χ0v) is 11.7. The van der Waals surface area contributed by atoms with Crippen molar-refractivity contribution in [3.05, 3.63) is 33.3 Å². The average molecular weight is 301 g/mol. The molecule has 110 valence electrons. The molecule has 0 saturated heterocycles. The van der Waals surface area contributed by atoms with Crippen molar-refractivity contribution in [1.82, 2.24) is 0 Å². The number of nitrogens with zero attached hydrogens (tertiary/aromatic N) is 1. The molecular weight excluding hydrogens is 284 g/mol. The fourth-order valence-electron chi connectivity index (χ4n) is 1.75. The van der Waals surface area contributed by atoms with Crippen LogP contribution in [0.4, 0.5) is 11.4 Å². The van der Waals surface area contributed by atoms with Crippen LogP contribution in [0.25, 0.3) is 0 Å². The van der Waals surface area contributed by atoms with Gasteiger partial charge in [0.1, 0.15) is 5.69 Å². The highest BCUT2D eigenvalue weighted by Crippen LogP contribution is 2.29. The van der Waals surface area contributed by atoms with E-state index in [-0.39, 0.29) is 18.8 Å². The van der Waals surface area contributed by atoms with Gasteiger partial charge in [-0.05, 0) is 30.9 Å². The van der Waals surface area contributed by atoms with Crippen molar-refractivity contribution >= 4 is 23.0 Å². The first-order chi connectivity index (χ1) is 9.56. The van der Waals surface area contributed by atoms with Gasteiger partial charge < -0.3 is 15.2 Å². The molecule has 6 nitrogen and oxygen atoms in total. The molecular formula is C13H17ClN2O4. The SMILES string of the molecule is O=[N+]([O-])c1cc(Cl)ccc1NCC(O)COCC1CC1. The number of hydrogen-bond acceptors (Lipinski definition) is 5. The van der Waals surface area contributed by atoms with Crippen molar-refractivity contribution in [2.75, 3.05) is 25.1 Å². The van der Waals surface area contributed by atoms with E-state index in [4.69, 9.17) is 16.3 Å². The van der Waals surface area contributed by atoms with E-state index in [0.717, 1.165) is 0 Å². The summed E-state index contributed by atoms with van der Waals surface area (Å²) in [5.74, 6) is 0.646. The normalized spacial score (nSPS) is 15.9. The summed E-state index contributed by atoms with van der Waals surface area (Å²) in [6.45, 7) is 1.09. The number of halogens is 1. The zero-order valence-electron chi connectivity index (χ0n) is 10.9. The Kier molecular flexibility index (Phi) is 5.17. The third kappa shape index (κ3) is 4.63. The Hall–Kier alpha value is -1.37. The molecule has 2 rings (SSSR count). The third-order valence-electron chi connectivity index (χ3n) is 3.05. The molecule has 0 bridgehead atoms. The van der Waals surface area contributed by atoms with Gasteiger partial charge in [0.25, 0.3) is 5.69 Å². The van der Waals surface area contributed by atoms with Crippen LogP contribution in [0.5, 0.6) is 0 Å². The second-order valence-electron chi connectivity index (χ2n) is 4.93. The first kappa shape index (κ1) is 15.0. The second-order valence-corrected chi connectivity index (χ2v) is 5.37. The molecule has 1 aliphatic carbocycles. The number of benzene rings is 1. The summed E-state index contributed by atoms with van der Waals surface area (Å²) in [4.78, 5) is 10.4. The van der Waals surface area contributed by atoms with Crippen molar-refractivity contribution in [3.8, 4) is 0 Å². The number of ether oxygens (including phenoxy) is 1. The van der Waals surface area contributed by atoms with Gasteiger partial charge in [0, 0.05) is 24.2 Å². The van der Waals surface area contributed by atoms with Gasteiger partial charge in [-0.1, -0.05) is 11.6 Å². The number of nitro benzene ring substituents is 1. The van der Waals surface area contributed by atoms with Crippen LogP contribution in [0.3, 0.4) is 0 Å². The molecule has 0 amide bonds. The number of rotatable bonds is 8. The molecule has 0 spiro atoms. The highest BCUT2D eigenvalue weighted by Gasteiger charge is 2.21. The fraction of sp³-hybridized carbons (Fsp3) is 0.538. The monoisotopic (exact) mass is 300 g/mol. The molecule has 2 N–H and O–H groups in total. The van der Waals surface area contributed by atoms with E-state index < -0.39 is 11.0 Å². The van der Waals surface area contributed by atoms with E-state index >= 15 is 0 Å².